The van der Waals surface area contributed by atoms with Crippen LogP contribution in [0.15, 0.2) is 58.6 Å². The zero-order valence-electron chi connectivity index (χ0n) is 27.7. The lowest BCUT2D eigenvalue weighted by Gasteiger charge is -2.61. The number of Topliss-reactive ketones (excluding diaryl/α,β-unsaturated/α-hetero) is 1. The Morgan fingerprint density at radius 2 is 2.02 bits per heavy atom. The van der Waals surface area contributed by atoms with Crippen molar-refractivity contribution in [3.05, 3.63) is 53.9 Å². The molecule has 0 spiro atoms. The molecule has 3 aliphatic rings. The van der Waals surface area contributed by atoms with Gasteiger partial charge in [-0.3, -0.25) is 15.0 Å². The van der Waals surface area contributed by atoms with Crippen molar-refractivity contribution >= 4 is 57.1 Å². The number of carbonyl (C=O) groups is 2. The number of aliphatic hydroxyl groups is 1. The topological polar surface area (TPSA) is 123 Å². The van der Waals surface area contributed by atoms with Gasteiger partial charge in [0.2, 0.25) is 0 Å². The number of hydrazone groups is 1. The normalized spacial score (nSPS) is 33.7. The Labute approximate surface area is 284 Å². The van der Waals surface area contributed by atoms with Crippen molar-refractivity contribution in [1.29, 1.82) is 0 Å². The number of methoxy groups -OCH3 is 1. The van der Waals surface area contributed by atoms with Crippen LogP contribution in [0.1, 0.15) is 65.4 Å². The standard InChI is InChI=1S/C36H44N4O5S2/c1-7-34(4)18-27(35(5)21(2)12-15-36(22(3)30(34)43)16-13-25(41)29(35)36)45-28(42)20-47-33-38-31(24-14-17-46-32(24)39-33)40-37-19-23-10-8-9-11-26(23)44-6/h7-11,14,17,19,21-22,27,29-30,43H,1,12-13,15-16,18,20H2,2-6H3,(H,38,39,40)/b37-19+/t21-,22+,27-,29+,30+,34-,35+,36+/m1/s1. The first kappa shape index (κ1) is 33.6. The fourth-order valence-corrected chi connectivity index (χ4v) is 10.2. The molecule has 1 aromatic carbocycles. The molecule has 3 saturated carbocycles. The average molecular weight is 677 g/mol. The van der Waals surface area contributed by atoms with E-state index >= 15 is 0 Å². The minimum Gasteiger partial charge on any atom is -0.496 e. The van der Waals surface area contributed by atoms with Gasteiger partial charge in [0.15, 0.2) is 11.0 Å². The number of ether oxygens (including phenoxy) is 2. The number of rotatable bonds is 9. The molecule has 8 atom stereocenters. The molecule has 3 aliphatic carbocycles. The van der Waals surface area contributed by atoms with Crippen LogP contribution in [-0.2, 0) is 14.3 Å². The van der Waals surface area contributed by atoms with E-state index in [0.29, 0.717) is 29.6 Å². The maximum atomic E-state index is 13.7. The lowest BCUT2D eigenvalue weighted by atomic mass is 9.44. The number of nitrogens with zero attached hydrogens (tertiary/aromatic N) is 3. The third-order valence-electron chi connectivity index (χ3n) is 11.7. The van der Waals surface area contributed by atoms with Crippen molar-refractivity contribution in [2.45, 2.75) is 77.2 Å². The number of hydrogen-bond donors (Lipinski definition) is 2. The summed E-state index contributed by atoms with van der Waals surface area (Å²) in [6.45, 7) is 12.5. The van der Waals surface area contributed by atoms with Crippen LogP contribution in [0.3, 0.4) is 0 Å². The Bertz CT molecular complexity index is 1710. The second kappa shape index (κ2) is 13.0. The molecule has 0 radical (unpaired) electrons. The van der Waals surface area contributed by atoms with Crippen LogP contribution in [0.4, 0.5) is 5.82 Å². The Morgan fingerprint density at radius 3 is 2.79 bits per heavy atom. The van der Waals surface area contributed by atoms with Gasteiger partial charge in [-0.25, -0.2) is 9.97 Å². The number of benzene rings is 1. The maximum Gasteiger partial charge on any atom is 0.316 e. The van der Waals surface area contributed by atoms with Gasteiger partial charge in [0.05, 0.1) is 30.6 Å². The summed E-state index contributed by atoms with van der Waals surface area (Å²) in [6.07, 6.45) is 5.71. The smallest absolute Gasteiger partial charge is 0.316 e. The summed E-state index contributed by atoms with van der Waals surface area (Å²) in [5.41, 5.74) is 2.29. The monoisotopic (exact) mass is 676 g/mol. The highest BCUT2D eigenvalue weighted by Gasteiger charge is 2.68. The Balaban J connectivity index is 1.23. The Kier molecular flexibility index (Phi) is 9.28. The largest absolute Gasteiger partial charge is 0.496 e. The van der Waals surface area contributed by atoms with E-state index in [1.54, 1.807) is 13.3 Å². The molecule has 2 heterocycles. The van der Waals surface area contributed by atoms with Crippen LogP contribution in [0.25, 0.3) is 10.2 Å². The highest BCUT2D eigenvalue weighted by molar-refractivity contribution is 7.99. The van der Waals surface area contributed by atoms with E-state index in [1.165, 1.54) is 23.1 Å². The van der Waals surface area contributed by atoms with Crippen LogP contribution >= 0.6 is 23.1 Å². The van der Waals surface area contributed by atoms with Crippen molar-refractivity contribution in [2.75, 3.05) is 18.3 Å². The molecule has 0 unspecified atom stereocenters. The van der Waals surface area contributed by atoms with E-state index in [-0.39, 0.29) is 34.7 Å². The average Bonchev–Trinajstić information content (AvgIpc) is 3.69. The van der Waals surface area contributed by atoms with E-state index < -0.39 is 29.0 Å². The van der Waals surface area contributed by atoms with E-state index in [4.69, 9.17) is 9.47 Å². The fourth-order valence-electron chi connectivity index (χ4n) is 8.74. The van der Waals surface area contributed by atoms with Gasteiger partial charge in [0.25, 0.3) is 0 Å². The van der Waals surface area contributed by atoms with Crippen LogP contribution in [0.2, 0.25) is 0 Å². The first-order valence-electron chi connectivity index (χ1n) is 16.3. The summed E-state index contributed by atoms with van der Waals surface area (Å²) in [7, 11) is 1.62. The molecule has 250 valence electrons. The Morgan fingerprint density at radius 1 is 1.23 bits per heavy atom. The number of esters is 1. The highest BCUT2D eigenvalue weighted by atomic mass is 32.2. The lowest BCUT2D eigenvalue weighted by Crippen LogP contribution is -2.63. The minimum atomic E-state index is -0.704. The van der Waals surface area contributed by atoms with Crippen LogP contribution in [-0.4, -0.2) is 58.1 Å². The van der Waals surface area contributed by atoms with Crippen LogP contribution in [0.5, 0.6) is 5.75 Å². The van der Waals surface area contributed by atoms with E-state index in [9.17, 15) is 14.7 Å². The van der Waals surface area contributed by atoms with E-state index in [1.807, 2.05) is 48.7 Å². The molecule has 0 aliphatic heterocycles. The number of fused-ring (bicyclic) bond motifs is 1. The molecule has 2 N–H and O–H groups in total. The number of aromatic nitrogens is 2. The summed E-state index contributed by atoms with van der Waals surface area (Å²) in [4.78, 5) is 37.5. The van der Waals surface area contributed by atoms with Crippen molar-refractivity contribution < 1.29 is 24.2 Å². The van der Waals surface area contributed by atoms with Gasteiger partial charge in [0, 0.05) is 28.7 Å². The van der Waals surface area contributed by atoms with Crippen molar-refractivity contribution in [3.63, 3.8) is 0 Å². The molecular weight excluding hydrogens is 633 g/mol. The van der Waals surface area contributed by atoms with Gasteiger partial charge < -0.3 is 14.6 Å². The van der Waals surface area contributed by atoms with Gasteiger partial charge in [-0.15, -0.1) is 17.9 Å². The predicted molar refractivity (Wildman–Crippen MR) is 187 cm³/mol. The number of hydrogen-bond acceptors (Lipinski definition) is 11. The molecule has 11 heteroatoms. The molecule has 47 heavy (non-hydrogen) atoms. The maximum absolute atomic E-state index is 13.7. The molecule has 0 saturated heterocycles. The van der Waals surface area contributed by atoms with Gasteiger partial charge in [-0.2, -0.15) is 5.10 Å². The van der Waals surface area contributed by atoms with Crippen molar-refractivity contribution in [1.82, 2.24) is 9.97 Å². The van der Waals surface area contributed by atoms with Gasteiger partial charge >= 0.3 is 5.97 Å². The fraction of sp³-hybridized carbons (Fsp3) is 0.528. The summed E-state index contributed by atoms with van der Waals surface area (Å²) in [5.74, 6) is 0.893. The van der Waals surface area contributed by atoms with Gasteiger partial charge in [0.1, 0.15) is 22.5 Å². The number of carbonyl (C=O) groups excluding carboxylic acids is 2. The van der Waals surface area contributed by atoms with Crippen LogP contribution in [0, 0.1) is 34.0 Å². The first-order valence-corrected chi connectivity index (χ1v) is 18.2. The molecule has 3 fully saturated rings. The molecule has 2 bridgehead atoms. The quantitative estimate of drug-likeness (QED) is 0.0608. The molecule has 3 aromatic rings. The number of para-hydroxylation sites is 1. The lowest BCUT2D eigenvalue weighted by molar-refractivity contribution is -0.205. The van der Waals surface area contributed by atoms with E-state index in [0.717, 1.165) is 35.0 Å². The summed E-state index contributed by atoms with van der Waals surface area (Å²) < 4.78 is 11.8. The SMILES string of the molecule is C=C[C@]1(C)C[C@@H](OC(=O)CSc2nc(N/N=C/c3ccccc3OC)c3ccsc3n2)[C@]2(C)[C@H](C)CC[C@]3(CCC(=O)[C@H]32)[C@@H](C)[C@@H]1O. The zero-order valence-corrected chi connectivity index (χ0v) is 29.3. The number of thioether (sulfide) groups is 1. The molecule has 9 nitrogen and oxygen atoms in total. The zero-order chi connectivity index (χ0) is 33.6. The number of thiophene rings is 1. The van der Waals surface area contributed by atoms with Gasteiger partial charge in [-0.1, -0.05) is 57.7 Å². The van der Waals surface area contributed by atoms with Crippen LogP contribution < -0.4 is 10.2 Å². The Hall–Kier alpha value is -3.28. The third-order valence-corrected chi connectivity index (χ3v) is 13.3. The highest BCUT2D eigenvalue weighted by Crippen LogP contribution is 2.68. The van der Waals surface area contributed by atoms with Crippen molar-refractivity contribution in [2.24, 2.45) is 39.1 Å². The summed E-state index contributed by atoms with van der Waals surface area (Å²) >= 11 is 2.69. The summed E-state index contributed by atoms with van der Waals surface area (Å²) in [6, 6.07) is 9.51. The number of ketones is 1. The number of nitrogens with one attached hydrogen (secondary N) is 1. The van der Waals surface area contributed by atoms with E-state index in [2.05, 4.69) is 47.8 Å². The third kappa shape index (κ3) is 5.78. The summed E-state index contributed by atoms with van der Waals surface area (Å²) in [5, 5.41) is 19.4. The second-order valence-corrected chi connectivity index (χ2v) is 15.8. The number of anilines is 1. The van der Waals surface area contributed by atoms with Crippen molar-refractivity contribution in [3.8, 4) is 5.75 Å². The molecule has 2 aromatic heterocycles. The second-order valence-electron chi connectivity index (χ2n) is 14.0. The molecular formula is C36H44N4O5S2. The number of aliphatic hydroxyl groups excluding tert-OH is 1. The minimum absolute atomic E-state index is 0.00468. The molecule has 0 amide bonds. The molecule has 6 rings (SSSR count). The predicted octanol–water partition coefficient (Wildman–Crippen LogP) is 7.14. The van der Waals surface area contributed by atoms with Gasteiger partial charge in [-0.05, 0) is 66.5 Å². The first-order chi connectivity index (χ1) is 22.5.